The number of halogens is 1. The number of hydrogen-bond donors (Lipinski definition) is 0. The van der Waals surface area contributed by atoms with Gasteiger partial charge in [-0.1, -0.05) is 17.7 Å². The van der Waals surface area contributed by atoms with Gasteiger partial charge in [-0.3, -0.25) is 4.98 Å². The quantitative estimate of drug-likeness (QED) is 0.797. The van der Waals surface area contributed by atoms with Crippen molar-refractivity contribution in [1.29, 1.82) is 5.26 Å². The smallest absolute Gasteiger partial charge is 0.220 e. The average Bonchev–Trinajstić information content (AvgIpc) is 2.29. The van der Waals surface area contributed by atoms with Gasteiger partial charge in [0.15, 0.2) is 0 Å². The molecular weight excluding hydrogens is 226 g/mol. The second-order valence-electron chi connectivity index (χ2n) is 2.91. The van der Waals surface area contributed by atoms with Crippen molar-refractivity contribution in [1.82, 2.24) is 9.97 Å². The van der Waals surface area contributed by atoms with E-state index in [2.05, 4.69) is 9.97 Å². The zero-order chi connectivity index (χ0) is 11.4. The number of nitrogens with zero attached hydrogens (tertiary/aromatic N) is 3. The predicted molar refractivity (Wildman–Crippen MR) is 58.3 cm³/mol. The maximum atomic E-state index is 8.67. The van der Waals surface area contributed by atoms with E-state index in [4.69, 9.17) is 21.6 Å². The molecule has 2 rings (SSSR count). The van der Waals surface area contributed by atoms with Crippen molar-refractivity contribution >= 4 is 11.6 Å². The van der Waals surface area contributed by atoms with Gasteiger partial charge in [0.05, 0.1) is 11.2 Å². The molecule has 0 atom stereocenters. The lowest BCUT2D eigenvalue weighted by molar-refractivity contribution is 0.460. The molecule has 0 radical (unpaired) electrons. The van der Waals surface area contributed by atoms with Gasteiger partial charge in [0, 0.05) is 18.3 Å². The highest BCUT2D eigenvalue weighted by Gasteiger charge is 2.01. The normalized spacial score (nSPS) is 9.50. The molecule has 0 aliphatic heterocycles. The van der Waals surface area contributed by atoms with Gasteiger partial charge in [-0.15, -0.1) is 0 Å². The first-order chi connectivity index (χ1) is 7.78. The van der Waals surface area contributed by atoms with Crippen LogP contribution in [0.1, 0.15) is 5.69 Å². The van der Waals surface area contributed by atoms with Crippen LogP contribution in [0.3, 0.4) is 0 Å². The van der Waals surface area contributed by atoms with E-state index in [9.17, 15) is 0 Å². The Morgan fingerprint density at radius 3 is 2.94 bits per heavy atom. The Bertz CT molecular complexity index is 551. The summed E-state index contributed by atoms with van der Waals surface area (Å²) in [6, 6.07) is 8.50. The van der Waals surface area contributed by atoms with E-state index >= 15 is 0 Å². The fourth-order valence-electron chi connectivity index (χ4n) is 1.10. The molecule has 0 aliphatic carbocycles. The topological polar surface area (TPSA) is 58.8 Å². The molecule has 0 bridgehead atoms. The molecule has 2 heterocycles. The highest BCUT2D eigenvalue weighted by molar-refractivity contribution is 6.30. The third kappa shape index (κ3) is 2.47. The van der Waals surface area contributed by atoms with Crippen LogP contribution in [-0.4, -0.2) is 9.97 Å². The van der Waals surface area contributed by atoms with Gasteiger partial charge in [0.25, 0.3) is 0 Å². The lowest BCUT2D eigenvalue weighted by Gasteiger charge is -2.03. The van der Waals surface area contributed by atoms with Crippen LogP contribution in [0.2, 0.25) is 5.02 Å². The second-order valence-corrected chi connectivity index (χ2v) is 3.35. The molecule has 0 saturated heterocycles. The summed E-state index contributed by atoms with van der Waals surface area (Å²) in [7, 11) is 0. The van der Waals surface area contributed by atoms with Gasteiger partial charge in [0.1, 0.15) is 17.5 Å². The van der Waals surface area contributed by atoms with Crippen LogP contribution in [0.5, 0.6) is 11.6 Å². The van der Waals surface area contributed by atoms with Crippen LogP contribution in [0.4, 0.5) is 0 Å². The number of ether oxygens (including phenoxy) is 1. The first-order valence-corrected chi connectivity index (χ1v) is 4.81. The van der Waals surface area contributed by atoms with Gasteiger partial charge in [-0.05, 0) is 6.07 Å². The van der Waals surface area contributed by atoms with E-state index in [1.54, 1.807) is 24.3 Å². The van der Waals surface area contributed by atoms with Gasteiger partial charge in [0.2, 0.25) is 5.88 Å². The summed E-state index contributed by atoms with van der Waals surface area (Å²) >= 11 is 5.75. The molecule has 4 nitrogen and oxygen atoms in total. The molecule has 2 aromatic heterocycles. The largest absolute Gasteiger partial charge is 0.437 e. The van der Waals surface area contributed by atoms with E-state index in [1.165, 1.54) is 12.4 Å². The number of nitriles is 1. The van der Waals surface area contributed by atoms with E-state index in [0.717, 1.165) is 0 Å². The Morgan fingerprint density at radius 1 is 1.31 bits per heavy atom. The van der Waals surface area contributed by atoms with Crippen molar-refractivity contribution in [3.63, 3.8) is 0 Å². The van der Waals surface area contributed by atoms with E-state index in [0.29, 0.717) is 22.3 Å². The Kier molecular flexibility index (Phi) is 2.99. The molecule has 0 aromatic carbocycles. The molecule has 78 valence electrons. The number of aromatic nitrogens is 2. The van der Waals surface area contributed by atoms with E-state index in [-0.39, 0.29) is 0 Å². The summed E-state index contributed by atoms with van der Waals surface area (Å²) in [6.07, 6.45) is 3.03. The fraction of sp³-hybridized carbons (Fsp3) is 0. The number of hydrogen-bond acceptors (Lipinski definition) is 4. The van der Waals surface area contributed by atoms with Gasteiger partial charge < -0.3 is 4.74 Å². The summed E-state index contributed by atoms with van der Waals surface area (Å²) in [4.78, 5) is 7.84. The summed E-state index contributed by atoms with van der Waals surface area (Å²) in [6.45, 7) is 0. The maximum absolute atomic E-state index is 8.67. The number of rotatable bonds is 2. The van der Waals surface area contributed by atoms with Crippen molar-refractivity contribution in [2.75, 3.05) is 0 Å². The summed E-state index contributed by atoms with van der Waals surface area (Å²) in [5.74, 6) is 0.818. The highest BCUT2D eigenvalue weighted by atomic mass is 35.5. The van der Waals surface area contributed by atoms with Crippen LogP contribution in [0.25, 0.3) is 0 Å². The minimum absolute atomic E-state index is 0.299. The molecule has 0 amide bonds. The van der Waals surface area contributed by atoms with Crippen LogP contribution < -0.4 is 4.74 Å². The van der Waals surface area contributed by atoms with E-state index in [1.807, 2.05) is 6.07 Å². The van der Waals surface area contributed by atoms with Crippen molar-refractivity contribution in [3.05, 3.63) is 47.4 Å². The van der Waals surface area contributed by atoms with Crippen molar-refractivity contribution in [2.24, 2.45) is 0 Å². The summed E-state index contributed by atoms with van der Waals surface area (Å²) in [5.41, 5.74) is 0.299. The molecule has 2 aromatic rings. The highest BCUT2D eigenvalue weighted by Crippen LogP contribution is 2.21. The Balaban J connectivity index is 2.24. The minimum Gasteiger partial charge on any atom is -0.437 e. The standard InChI is InChI=1S/C11H6ClN3O/c12-8-4-10(7-14-6-8)16-11-3-1-2-9(5-13)15-11/h1-4,6-7H. The first kappa shape index (κ1) is 10.4. The van der Waals surface area contributed by atoms with Crippen LogP contribution >= 0.6 is 11.6 Å². The van der Waals surface area contributed by atoms with Crippen LogP contribution in [0.15, 0.2) is 36.7 Å². The molecule has 0 N–H and O–H groups in total. The molecule has 0 aliphatic rings. The molecule has 0 saturated carbocycles. The molecule has 0 fully saturated rings. The molecule has 16 heavy (non-hydrogen) atoms. The van der Waals surface area contributed by atoms with E-state index < -0.39 is 0 Å². The van der Waals surface area contributed by atoms with Crippen LogP contribution in [-0.2, 0) is 0 Å². The van der Waals surface area contributed by atoms with Gasteiger partial charge in [-0.25, -0.2) is 4.98 Å². The fourth-order valence-corrected chi connectivity index (χ4v) is 1.27. The monoisotopic (exact) mass is 231 g/mol. The molecule has 0 spiro atoms. The molecule has 5 heteroatoms. The number of pyridine rings is 2. The van der Waals surface area contributed by atoms with Gasteiger partial charge in [-0.2, -0.15) is 5.26 Å². The van der Waals surface area contributed by atoms with Crippen LogP contribution in [0, 0.1) is 11.3 Å². The lowest BCUT2D eigenvalue weighted by atomic mass is 10.4. The Labute approximate surface area is 97.1 Å². The average molecular weight is 232 g/mol. The lowest BCUT2D eigenvalue weighted by Crippen LogP contribution is -1.90. The van der Waals surface area contributed by atoms with Crippen molar-refractivity contribution in [3.8, 4) is 17.7 Å². The summed E-state index contributed by atoms with van der Waals surface area (Å²) in [5, 5.41) is 9.15. The predicted octanol–water partition coefficient (Wildman–Crippen LogP) is 2.79. The summed E-state index contributed by atoms with van der Waals surface area (Å²) < 4.78 is 5.39. The third-order valence-corrected chi connectivity index (χ3v) is 1.95. The first-order valence-electron chi connectivity index (χ1n) is 4.43. The molecule has 0 unspecified atom stereocenters. The van der Waals surface area contributed by atoms with Crippen molar-refractivity contribution < 1.29 is 4.74 Å². The third-order valence-electron chi connectivity index (χ3n) is 1.74. The minimum atomic E-state index is 0.299. The maximum Gasteiger partial charge on any atom is 0.220 e. The Hall–Kier alpha value is -2.12. The Morgan fingerprint density at radius 2 is 2.19 bits per heavy atom. The van der Waals surface area contributed by atoms with Gasteiger partial charge >= 0.3 is 0 Å². The SMILES string of the molecule is N#Cc1cccc(Oc2cncc(Cl)c2)n1. The molecular formula is C11H6ClN3O. The zero-order valence-electron chi connectivity index (χ0n) is 8.09. The second kappa shape index (κ2) is 4.60. The zero-order valence-corrected chi connectivity index (χ0v) is 8.85. The van der Waals surface area contributed by atoms with Crippen molar-refractivity contribution in [2.45, 2.75) is 0 Å².